The first-order chi connectivity index (χ1) is 8.22. The van der Waals surface area contributed by atoms with Crippen LogP contribution in [0, 0.1) is 0 Å². The van der Waals surface area contributed by atoms with Crippen molar-refractivity contribution in [2.75, 3.05) is 18.5 Å². The number of aromatic amines is 1. The van der Waals surface area contributed by atoms with Crippen LogP contribution < -0.4 is 11.1 Å². The Balaban J connectivity index is 2.20. The molecule has 1 aromatic carbocycles. The maximum atomic E-state index is 11.0. The third-order valence-corrected chi connectivity index (χ3v) is 2.49. The zero-order valence-electron chi connectivity index (χ0n) is 9.14. The summed E-state index contributed by atoms with van der Waals surface area (Å²) in [6, 6.07) is 4.94. The van der Waals surface area contributed by atoms with Crippen molar-refractivity contribution in [2.24, 2.45) is 0 Å². The van der Waals surface area contributed by atoms with Crippen molar-refractivity contribution in [3.05, 3.63) is 28.7 Å². The first kappa shape index (κ1) is 11.7. The minimum absolute atomic E-state index is 0.000289. The summed E-state index contributed by atoms with van der Waals surface area (Å²) in [6.07, 6.45) is 0.450. The van der Waals surface area contributed by atoms with E-state index in [-0.39, 0.29) is 19.3 Å². The number of rotatable bonds is 5. The van der Waals surface area contributed by atoms with Gasteiger partial charge in [-0.15, -0.1) is 0 Å². The number of fused-ring (bicyclic) bond motifs is 1. The lowest BCUT2D eigenvalue weighted by molar-refractivity contribution is 0.229. The Kier molecular flexibility index (Phi) is 3.46. The zero-order valence-corrected chi connectivity index (χ0v) is 9.14. The van der Waals surface area contributed by atoms with Crippen LogP contribution in [0.15, 0.2) is 27.4 Å². The van der Waals surface area contributed by atoms with Gasteiger partial charge >= 0.3 is 5.76 Å². The normalized spacial score (nSPS) is 12.8. The molecule has 4 N–H and O–H groups in total. The average molecular weight is 238 g/mol. The zero-order chi connectivity index (χ0) is 12.3. The quantitative estimate of drug-likeness (QED) is 0.599. The Labute approximate surface area is 96.9 Å². The number of oxazole rings is 1. The third-order valence-electron chi connectivity index (χ3n) is 2.49. The second-order valence-electron chi connectivity index (χ2n) is 3.76. The van der Waals surface area contributed by atoms with Gasteiger partial charge < -0.3 is 19.9 Å². The van der Waals surface area contributed by atoms with E-state index in [0.717, 1.165) is 5.69 Å². The summed E-state index contributed by atoms with van der Waals surface area (Å²) < 4.78 is 4.92. The maximum Gasteiger partial charge on any atom is 0.417 e. The van der Waals surface area contributed by atoms with Crippen molar-refractivity contribution >= 4 is 16.8 Å². The van der Waals surface area contributed by atoms with Crippen LogP contribution in [0.4, 0.5) is 5.69 Å². The van der Waals surface area contributed by atoms with Crippen molar-refractivity contribution in [3.8, 4) is 0 Å². The Bertz CT molecular complexity index is 546. The lowest BCUT2D eigenvalue weighted by Gasteiger charge is -2.16. The molecule has 1 atom stereocenters. The first-order valence-electron chi connectivity index (χ1n) is 5.34. The van der Waals surface area contributed by atoms with Gasteiger partial charge in [-0.2, -0.15) is 0 Å². The highest BCUT2D eigenvalue weighted by Gasteiger charge is 2.08. The van der Waals surface area contributed by atoms with Crippen molar-refractivity contribution in [3.63, 3.8) is 0 Å². The monoisotopic (exact) mass is 238 g/mol. The van der Waals surface area contributed by atoms with Crippen LogP contribution in [0.1, 0.15) is 6.42 Å². The van der Waals surface area contributed by atoms with Gasteiger partial charge in [0.05, 0.1) is 18.2 Å². The van der Waals surface area contributed by atoms with Crippen molar-refractivity contribution < 1.29 is 14.6 Å². The van der Waals surface area contributed by atoms with Gasteiger partial charge in [0.25, 0.3) is 0 Å². The number of aromatic nitrogens is 1. The van der Waals surface area contributed by atoms with E-state index in [4.69, 9.17) is 14.6 Å². The third kappa shape index (κ3) is 2.66. The number of aliphatic hydroxyl groups is 2. The Hall–Kier alpha value is -1.79. The van der Waals surface area contributed by atoms with Crippen LogP contribution in [-0.2, 0) is 0 Å². The molecule has 0 saturated heterocycles. The number of H-pyrrole nitrogens is 1. The highest BCUT2D eigenvalue weighted by molar-refractivity contribution is 5.76. The SMILES string of the molecule is O=c1[nH]c2ccc(NC(CO)CCO)cc2o1. The molecule has 2 aromatic rings. The summed E-state index contributed by atoms with van der Waals surface area (Å²) in [7, 11) is 0. The Morgan fingerprint density at radius 1 is 1.41 bits per heavy atom. The summed E-state index contributed by atoms with van der Waals surface area (Å²) in [5.74, 6) is -0.494. The van der Waals surface area contributed by atoms with E-state index < -0.39 is 5.76 Å². The van der Waals surface area contributed by atoms with Crippen molar-refractivity contribution in [1.29, 1.82) is 0 Å². The summed E-state index contributed by atoms with van der Waals surface area (Å²) in [6.45, 7) is -0.0740. The minimum Gasteiger partial charge on any atom is -0.408 e. The highest BCUT2D eigenvalue weighted by atomic mass is 16.4. The standard InChI is InChI=1S/C11H14N2O4/c14-4-3-8(6-15)12-7-1-2-9-10(5-7)17-11(16)13-9/h1-2,5,8,12,14-15H,3-4,6H2,(H,13,16). The fourth-order valence-corrected chi connectivity index (χ4v) is 1.64. The van der Waals surface area contributed by atoms with Gasteiger partial charge in [0.1, 0.15) is 0 Å². The van der Waals surface area contributed by atoms with E-state index in [1.807, 2.05) is 0 Å². The molecule has 0 bridgehead atoms. The minimum atomic E-state index is -0.494. The van der Waals surface area contributed by atoms with Gasteiger partial charge in [0.15, 0.2) is 5.58 Å². The van der Waals surface area contributed by atoms with E-state index in [2.05, 4.69) is 10.3 Å². The molecule has 1 unspecified atom stereocenters. The van der Waals surface area contributed by atoms with Gasteiger partial charge in [-0.25, -0.2) is 4.79 Å². The Morgan fingerprint density at radius 2 is 2.24 bits per heavy atom. The molecule has 1 aromatic heterocycles. The molecule has 0 aliphatic rings. The molecule has 0 aliphatic carbocycles. The van der Waals surface area contributed by atoms with Crippen LogP contribution >= 0.6 is 0 Å². The van der Waals surface area contributed by atoms with Crippen LogP contribution in [0.25, 0.3) is 11.1 Å². The molecule has 6 heteroatoms. The van der Waals surface area contributed by atoms with Crippen LogP contribution in [0.5, 0.6) is 0 Å². The molecule has 0 amide bonds. The van der Waals surface area contributed by atoms with Crippen molar-refractivity contribution in [1.82, 2.24) is 4.98 Å². The number of anilines is 1. The fraction of sp³-hybridized carbons (Fsp3) is 0.364. The molecule has 0 aliphatic heterocycles. The van der Waals surface area contributed by atoms with E-state index in [1.54, 1.807) is 18.2 Å². The van der Waals surface area contributed by atoms with Crippen molar-refractivity contribution in [2.45, 2.75) is 12.5 Å². The maximum absolute atomic E-state index is 11.0. The van der Waals surface area contributed by atoms with Gasteiger partial charge in [-0.1, -0.05) is 0 Å². The smallest absolute Gasteiger partial charge is 0.408 e. The summed E-state index contributed by atoms with van der Waals surface area (Å²) in [4.78, 5) is 13.5. The second kappa shape index (κ2) is 5.03. The van der Waals surface area contributed by atoms with Gasteiger partial charge in [-0.3, -0.25) is 4.98 Å². The molecule has 0 radical (unpaired) electrons. The molecule has 17 heavy (non-hydrogen) atoms. The molecule has 6 nitrogen and oxygen atoms in total. The topological polar surface area (TPSA) is 98.5 Å². The largest absolute Gasteiger partial charge is 0.417 e. The van der Waals surface area contributed by atoms with Gasteiger partial charge in [0.2, 0.25) is 0 Å². The van der Waals surface area contributed by atoms with Gasteiger partial charge in [0, 0.05) is 18.4 Å². The first-order valence-corrected chi connectivity index (χ1v) is 5.34. The lowest BCUT2D eigenvalue weighted by Crippen LogP contribution is -2.24. The Morgan fingerprint density at radius 3 is 2.94 bits per heavy atom. The fourth-order valence-electron chi connectivity index (χ4n) is 1.64. The van der Waals surface area contributed by atoms with E-state index >= 15 is 0 Å². The van der Waals surface area contributed by atoms with E-state index in [0.29, 0.717) is 17.5 Å². The van der Waals surface area contributed by atoms with Crippen LogP contribution in [0.2, 0.25) is 0 Å². The van der Waals surface area contributed by atoms with Crippen LogP contribution in [-0.4, -0.2) is 34.5 Å². The molecular formula is C11H14N2O4. The van der Waals surface area contributed by atoms with E-state index in [1.165, 1.54) is 0 Å². The number of hydrogen-bond donors (Lipinski definition) is 4. The molecule has 1 heterocycles. The predicted octanol–water partition coefficient (Wildman–Crippen LogP) is 0.276. The number of hydrogen-bond acceptors (Lipinski definition) is 5. The molecule has 0 spiro atoms. The number of benzene rings is 1. The van der Waals surface area contributed by atoms with Crippen LogP contribution in [0.3, 0.4) is 0 Å². The summed E-state index contributed by atoms with van der Waals surface area (Å²) >= 11 is 0. The molecule has 0 fully saturated rings. The van der Waals surface area contributed by atoms with E-state index in [9.17, 15) is 4.79 Å². The predicted molar refractivity (Wildman–Crippen MR) is 63.0 cm³/mol. The highest BCUT2D eigenvalue weighted by Crippen LogP contribution is 2.17. The molecule has 0 saturated carbocycles. The summed E-state index contributed by atoms with van der Waals surface area (Å²) in [5.41, 5.74) is 1.82. The second-order valence-corrected chi connectivity index (χ2v) is 3.76. The lowest BCUT2D eigenvalue weighted by atomic mass is 10.2. The number of aliphatic hydroxyl groups excluding tert-OH is 2. The number of nitrogens with one attached hydrogen (secondary N) is 2. The average Bonchev–Trinajstić information content (AvgIpc) is 2.68. The van der Waals surface area contributed by atoms with Gasteiger partial charge in [-0.05, 0) is 18.6 Å². The molecule has 92 valence electrons. The molecule has 2 rings (SSSR count). The molecular weight excluding hydrogens is 224 g/mol. The summed E-state index contributed by atoms with van der Waals surface area (Å²) in [5, 5.41) is 20.9.